The van der Waals surface area contributed by atoms with E-state index in [0.717, 1.165) is 16.0 Å². The molecule has 0 radical (unpaired) electrons. The fourth-order valence-corrected chi connectivity index (χ4v) is 4.01. The van der Waals surface area contributed by atoms with Gasteiger partial charge in [-0.25, -0.2) is 4.79 Å². The molecule has 6 nitrogen and oxygen atoms in total. The van der Waals surface area contributed by atoms with Gasteiger partial charge in [-0.3, -0.25) is 4.79 Å². The minimum absolute atomic E-state index is 0.224. The van der Waals surface area contributed by atoms with Crippen LogP contribution in [-0.2, 0) is 9.53 Å². The van der Waals surface area contributed by atoms with Gasteiger partial charge in [0.1, 0.15) is 10.6 Å². The molecule has 0 saturated heterocycles. The predicted molar refractivity (Wildman–Crippen MR) is 113 cm³/mol. The Morgan fingerprint density at radius 2 is 1.62 bits per heavy atom. The van der Waals surface area contributed by atoms with E-state index < -0.39 is 5.97 Å². The number of ether oxygens (including phenoxy) is 3. The fraction of sp³-hybridized carbons (Fsp3) is 0.182. The maximum absolute atomic E-state index is 12.5. The minimum Gasteiger partial charge on any atom is -0.493 e. The van der Waals surface area contributed by atoms with Gasteiger partial charge in [-0.2, -0.15) is 0 Å². The number of methoxy groups -OCH3 is 2. The van der Waals surface area contributed by atoms with Gasteiger partial charge in [-0.15, -0.1) is 11.3 Å². The second-order valence-electron chi connectivity index (χ2n) is 6.08. The molecule has 0 aliphatic rings. The van der Waals surface area contributed by atoms with Crippen molar-refractivity contribution in [1.29, 1.82) is 0 Å². The summed E-state index contributed by atoms with van der Waals surface area (Å²) in [5.41, 5.74) is 1.97. The highest BCUT2D eigenvalue weighted by atomic mass is 32.1. The van der Waals surface area contributed by atoms with Crippen molar-refractivity contribution in [3.05, 3.63) is 65.0 Å². The second kappa shape index (κ2) is 9.25. The highest BCUT2D eigenvalue weighted by Gasteiger charge is 2.25. The van der Waals surface area contributed by atoms with Crippen LogP contribution in [0.15, 0.2) is 54.6 Å². The number of benzene rings is 2. The third-order valence-corrected chi connectivity index (χ3v) is 5.24. The largest absolute Gasteiger partial charge is 0.493 e. The molecule has 0 saturated carbocycles. The van der Waals surface area contributed by atoms with Crippen molar-refractivity contribution < 1.29 is 23.8 Å². The second-order valence-corrected chi connectivity index (χ2v) is 7.31. The summed E-state index contributed by atoms with van der Waals surface area (Å²) in [5, 5.41) is 3.21. The highest BCUT2D eigenvalue weighted by Crippen LogP contribution is 2.40. The first-order valence-corrected chi connectivity index (χ1v) is 9.69. The van der Waals surface area contributed by atoms with Crippen LogP contribution in [0.1, 0.15) is 15.2 Å². The van der Waals surface area contributed by atoms with E-state index in [9.17, 15) is 9.59 Å². The normalized spacial score (nSPS) is 10.3. The average Bonchev–Trinajstić information content (AvgIpc) is 3.07. The van der Waals surface area contributed by atoms with Crippen LogP contribution in [0, 0.1) is 6.92 Å². The van der Waals surface area contributed by atoms with Crippen LogP contribution >= 0.6 is 11.3 Å². The van der Waals surface area contributed by atoms with Crippen molar-refractivity contribution in [2.24, 2.45) is 0 Å². The Morgan fingerprint density at radius 3 is 2.28 bits per heavy atom. The molecule has 3 rings (SSSR count). The SMILES string of the molecule is COC(=O)c1c(NC(=O)COc2ccccc2OC)sc(C)c1-c1ccccc1. The molecule has 0 spiro atoms. The molecule has 0 fully saturated rings. The van der Waals surface area contributed by atoms with E-state index >= 15 is 0 Å². The van der Waals surface area contributed by atoms with Gasteiger partial charge >= 0.3 is 5.97 Å². The number of hydrogen-bond donors (Lipinski definition) is 1. The molecule has 0 aliphatic heterocycles. The summed E-state index contributed by atoms with van der Waals surface area (Å²) in [4.78, 5) is 25.9. The van der Waals surface area contributed by atoms with Crippen molar-refractivity contribution in [2.45, 2.75) is 6.92 Å². The molecule has 7 heteroatoms. The zero-order valence-electron chi connectivity index (χ0n) is 16.4. The molecular weight excluding hydrogens is 390 g/mol. The number of amides is 1. The van der Waals surface area contributed by atoms with E-state index in [0.29, 0.717) is 22.1 Å². The topological polar surface area (TPSA) is 73.9 Å². The van der Waals surface area contributed by atoms with Crippen molar-refractivity contribution in [1.82, 2.24) is 0 Å². The van der Waals surface area contributed by atoms with Gasteiger partial charge in [0.05, 0.1) is 14.2 Å². The molecule has 0 bridgehead atoms. The zero-order chi connectivity index (χ0) is 20.8. The first kappa shape index (κ1) is 20.4. The number of aryl methyl sites for hydroxylation is 1. The van der Waals surface area contributed by atoms with Crippen molar-refractivity contribution >= 4 is 28.2 Å². The lowest BCUT2D eigenvalue weighted by atomic mass is 10.0. The summed E-state index contributed by atoms with van der Waals surface area (Å²) in [6, 6.07) is 16.6. The lowest BCUT2D eigenvalue weighted by Gasteiger charge is -2.11. The van der Waals surface area contributed by atoms with E-state index in [1.54, 1.807) is 18.2 Å². The monoisotopic (exact) mass is 411 g/mol. The Kier molecular flexibility index (Phi) is 6.51. The maximum atomic E-state index is 12.5. The number of rotatable bonds is 7. The number of thiophene rings is 1. The van der Waals surface area contributed by atoms with Crippen LogP contribution < -0.4 is 14.8 Å². The molecule has 1 N–H and O–H groups in total. The van der Waals surface area contributed by atoms with Gasteiger partial charge in [0.15, 0.2) is 18.1 Å². The smallest absolute Gasteiger partial charge is 0.341 e. The number of esters is 1. The molecule has 0 aliphatic carbocycles. The third kappa shape index (κ3) is 4.57. The van der Waals surface area contributed by atoms with Crippen LogP contribution in [0.4, 0.5) is 5.00 Å². The molecule has 0 unspecified atom stereocenters. The Hall–Kier alpha value is -3.32. The lowest BCUT2D eigenvalue weighted by molar-refractivity contribution is -0.118. The summed E-state index contributed by atoms with van der Waals surface area (Å²) in [6.07, 6.45) is 0. The predicted octanol–water partition coefficient (Wildman–Crippen LogP) is 4.54. The molecule has 3 aromatic rings. The molecule has 29 heavy (non-hydrogen) atoms. The first-order valence-electron chi connectivity index (χ1n) is 8.88. The lowest BCUT2D eigenvalue weighted by Crippen LogP contribution is -2.21. The molecule has 1 amide bonds. The van der Waals surface area contributed by atoms with Gasteiger partial charge in [0.25, 0.3) is 5.91 Å². The molecule has 150 valence electrons. The van der Waals surface area contributed by atoms with E-state index in [-0.39, 0.29) is 12.5 Å². The summed E-state index contributed by atoms with van der Waals surface area (Å²) >= 11 is 1.32. The molecule has 1 aromatic heterocycles. The quantitative estimate of drug-likeness (QED) is 0.578. The number of nitrogens with one attached hydrogen (secondary N) is 1. The standard InChI is InChI=1S/C22H21NO5S/c1-14-19(15-9-5-4-6-10-15)20(22(25)27-3)21(29-14)23-18(24)13-28-17-12-8-7-11-16(17)26-2/h4-12H,13H2,1-3H3,(H,23,24). The molecule has 2 aromatic carbocycles. The van der Waals surface area contributed by atoms with Gasteiger partial charge in [0.2, 0.25) is 0 Å². The fourth-order valence-electron chi connectivity index (χ4n) is 2.93. The van der Waals surface area contributed by atoms with Crippen molar-refractivity contribution in [3.8, 4) is 22.6 Å². The molecule has 0 atom stereocenters. The van der Waals surface area contributed by atoms with Gasteiger partial charge in [-0.1, -0.05) is 42.5 Å². The number of carbonyl (C=O) groups excluding carboxylic acids is 2. The number of carbonyl (C=O) groups is 2. The summed E-state index contributed by atoms with van der Waals surface area (Å²) in [6.45, 7) is 1.68. The van der Waals surface area contributed by atoms with Crippen LogP contribution in [0.3, 0.4) is 0 Å². The van der Waals surface area contributed by atoms with Crippen LogP contribution in [-0.4, -0.2) is 32.7 Å². The van der Waals surface area contributed by atoms with Gasteiger partial charge in [-0.05, 0) is 24.6 Å². The average molecular weight is 411 g/mol. The van der Waals surface area contributed by atoms with E-state index in [4.69, 9.17) is 14.2 Å². The number of anilines is 1. The first-order chi connectivity index (χ1) is 14.0. The number of para-hydroxylation sites is 2. The molecule has 1 heterocycles. The van der Waals surface area contributed by atoms with Crippen molar-refractivity contribution in [2.75, 3.05) is 26.1 Å². The Bertz CT molecular complexity index is 1010. The highest BCUT2D eigenvalue weighted by molar-refractivity contribution is 7.17. The minimum atomic E-state index is -0.505. The van der Waals surface area contributed by atoms with Crippen molar-refractivity contribution in [3.63, 3.8) is 0 Å². The molecular formula is C22H21NO5S. The van der Waals surface area contributed by atoms with E-state index in [2.05, 4.69) is 5.32 Å². The number of hydrogen-bond acceptors (Lipinski definition) is 6. The summed E-state index contributed by atoms with van der Waals surface area (Å²) < 4.78 is 15.7. The third-order valence-electron chi connectivity index (χ3n) is 4.22. The summed E-state index contributed by atoms with van der Waals surface area (Å²) in [5.74, 6) is 0.107. The van der Waals surface area contributed by atoms with Crippen LogP contribution in [0.2, 0.25) is 0 Å². The van der Waals surface area contributed by atoms with Gasteiger partial charge < -0.3 is 19.5 Å². The van der Waals surface area contributed by atoms with E-state index in [1.165, 1.54) is 25.6 Å². The maximum Gasteiger partial charge on any atom is 0.341 e. The zero-order valence-corrected chi connectivity index (χ0v) is 17.2. The van der Waals surface area contributed by atoms with E-state index in [1.807, 2.05) is 43.3 Å². The van der Waals surface area contributed by atoms with Crippen LogP contribution in [0.25, 0.3) is 11.1 Å². The Morgan fingerprint density at radius 1 is 0.966 bits per heavy atom. The Labute approximate surface area is 173 Å². The summed E-state index contributed by atoms with van der Waals surface area (Å²) in [7, 11) is 2.85. The Balaban J connectivity index is 1.83. The van der Waals surface area contributed by atoms with Crippen LogP contribution in [0.5, 0.6) is 11.5 Å². The van der Waals surface area contributed by atoms with Gasteiger partial charge in [0, 0.05) is 10.4 Å².